The minimum absolute atomic E-state index is 0.379. The first kappa shape index (κ1) is 14.7. The molecule has 0 fully saturated rings. The van der Waals surface area contributed by atoms with Gasteiger partial charge in [-0.1, -0.05) is 13.8 Å². The lowest BCUT2D eigenvalue weighted by Crippen LogP contribution is -2.36. The van der Waals surface area contributed by atoms with Crippen molar-refractivity contribution in [3.63, 3.8) is 0 Å². The van der Waals surface area contributed by atoms with E-state index < -0.39 is 0 Å². The molecule has 0 aliphatic rings. The average Bonchev–Trinajstić information content (AvgIpc) is 2.28. The highest BCUT2D eigenvalue weighted by molar-refractivity contribution is 5.46. The molecule has 1 aromatic rings. The Kier molecular flexibility index (Phi) is 5.85. The fraction of sp³-hybridized carbons (Fsp3) is 0.692. The van der Waals surface area contributed by atoms with Crippen LogP contribution in [0.3, 0.4) is 0 Å². The third-order valence-corrected chi connectivity index (χ3v) is 2.72. The number of anilines is 2. The highest BCUT2D eigenvalue weighted by atomic mass is 15.1. The van der Waals surface area contributed by atoms with Gasteiger partial charge >= 0.3 is 0 Å². The van der Waals surface area contributed by atoms with Crippen LogP contribution in [0.4, 0.5) is 11.6 Å². The Morgan fingerprint density at radius 2 is 1.89 bits per heavy atom. The van der Waals surface area contributed by atoms with Gasteiger partial charge in [-0.2, -0.15) is 0 Å². The van der Waals surface area contributed by atoms with Crippen molar-refractivity contribution in [1.29, 1.82) is 0 Å². The highest BCUT2D eigenvalue weighted by Crippen LogP contribution is 2.13. The zero-order valence-corrected chi connectivity index (χ0v) is 12.1. The lowest BCUT2D eigenvalue weighted by atomic mass is 10.0. The maximum Gasteiger partial charge on any atom is 0.131 e. The predicted molar refractivity (Wildman–Crippen MR) is 77.0 cm³/mol. The summed E-state index contributed by atoms with van der Waals surface area (Å²) in [5, 5.41) is 6.67. The lowest BCUT2D eigenvalue weighted by Gasteiger charge is -2.26. The van der Waals surface area contributed by atoms with Crippen molar-refractivity contribution in [2.75, 3.05) is 37.8 Å². The summed E-state index contributed by atoms with van der Waals surface area (Å²) in [5.41, 5.74) is 0. The Labute approximate surface area is 110 Å². The summed E-state index contributed by atoms with van der Waals surface area (Å²) >= 11 is 0. The summed E-state index contributed by atoms with van der Waals surface area (Å²) in [6, 6.07) is 2.33. The molecule has 1 unspecified atom stereocenters. The number of hydrogen-bond donors (Lipinski definition) is 2. The van der Waals surface area contributed by atoms with Crippen molar-refractivity contribution < 1.29 is 0 Å². The Bertz CT molecular complexity index is 351. The summed E-state index contributed by atoms with van der Waals surface area (Å²) in [6.45, 7) is 8.33. The van der Waals surface area contributed by atoms with E-state index in [0.29, 0.717) is 12.0 Å². The molecule has 1 heterocycles. The van der Waals surface area contributed by atoms with Gasteiger partial charge in [-0.05, 0) is 26.9 Å². The molecule has 18 heavy (non-hydrogen) atoms. The van der Waals surface area contributed by atoms with Crippen LogP contribution in [0.5, 0.6) is 0 Å². The second-order valence-corrected chi connectivity index (χ2v) is 5.08. The van der Waals surface area contributed by atoms with Crippen LogP contribution in [0.25, 0.3) is 0 Å². The van der Waals surface area contributed by atoms with E-state index in [2.05, 4.69) is 60.4 Å². The topological polar surface area (TPSA) is 53.1 Å². The molecule has 5 nitrogen and oxygen atoms in total. The first-order valence-corrected chi connectivity index (χ1v) is 6.50. The molecular weight excluding hydrogens is 226 g/mol. The average molecular weight is 251 g/mol. The van der Waals surface area contributed by atoms with Crippen LogP contribution in [0, 0.1) is 5.92 Å². The van der Waals surface area contributed by atoms with Crippen molar-refractivity contribution in [3.05, 3.63) is 12.4 Å². The van der Waals surface area contributed by atoms with Gasteiger partial charge in [0, 0.05) is 25.2 Å². The zero-order chi connectivity index (χ0) is 13.5. The SMILES string of the molecule is CCNc1cc(NC(CN(C)C)C(C)C)ncn1. The summed E-state index contributed by atoms with van der Waals surface area (Å²) in [5.74, 6) is 2.29. The maximum absolute atomic E-state index is 4.27. The maximum atomic E-state index is 4.27. The fourth-order valence-corrected chi connectivity index (χ4v) is 1.72. The number of aromatic nitrogens is 2. The molecule has 1 rings (SSSR count). The monoisotopic (exact) mass is 251 g/mol. The third kappa shape index (κ3) is 4.87. The van der Waals surface area contributed by atoms with E-state index >= 15 is 0 Å². The van der Waals surface area contributed by atoms with E-state index in [1.54, 1.807) is 6.33 Å². The van der Waals surface area contributed by atoms with E-state index in [0.717, 1.165) is 24.7 Å². The third-order valence-electron chi connectivity index (χ3n) is 2.72. The summed E-state index contributed by atoms with van der Waals surface area (Å²) in [6.07, 6.45) is 1.59. The first-order valence-electron chi connectivity index (χ1n) is 6.50. The molecule has 2 N–H and O–H groups in total. The van der Waals surface area contributed by atoms with Crippen molar-refractivity contribution in [2.24, 2.45) is 5.92 Å². The van der Waals surface area contributed by atoms with Crippen molar-refractivity contribution >= 4 is 11.6 Å². The molecule has 5 heteroatoms. The van der Waals surface area contributed by atoms with E-state index in [1.807, 2.05) is 6.07 Å². The zero-order valence-electron chi connectivity index (χ0n) is 12.1. The second-order valence-electron chi connectivity index (χ2n) is 5.08. The van der Waals surface area contributed by atoms with Gasteiger partial charge in [0.2, 0.25) is 0 Å². The standard InChI is InChI=1S/C13H25N5/c1-6-14-12-7-13(16-9-15-12)17-11(10(2)3)8-18(4)5/h7,9-11H,6,8H2,1-5H3,(H2,14,15,16,17). The van der Waals surface area contributed by atoms with Gasteiger partial charge in [-0.3, -0.25) is 0 Å². The molecule has 0 aliphatic heterocycles. The largest absolute Gasteiger partial charge is 0.370 e. The van der Waals surface area contributed by atoms with Crippen LogP contribution in [-0.4, -0.2) is 48.1 Å². The van der Waals surface area contributed by atoms with Crippen LogP contribution < -0.4 is 10.6 Å². The second kappa shape index (κ2) is 7.16. The summed E-state index contributed by atoms with van der Waals surface area (Å²) < 4.78 is 0. The van der Waals surface area contributed by atoms with Crippen molar-refractivity contribution in [2.45, 2.75) is 26.8 Å². The van der Waals surface area contributed by atoms with Crippen LogP contribution >= 0.6 is 0 Å². The number of rotatable bonds is 7. The number of likely N-dealkylation sites (N-methyl/N-ethyl adjacent to an activating group) is 1. The van der Waals surface area contributed by atoms with Crippen LogP contribution in [-0.2, 0) is 0 Å². The number of nitrogens with one attached hydrogen (secondary N) is 2. The van der Waals surface area contributed by atoms with Gasteiger partial charge in [-0.15, -0.1) is 0 Å². The molecule has 0 spiro atoms. The molecule has 0 amide bonds. The van der Waals surface area contributed by atoms with Crippen molar-refractivity contribution in [3.8, 4) is 0 Å². The van der Waals surface area contributed by atoms with E-state index in [1.165, 1.54) is 0 Å². The minimum atomic E-state index is 0.379. The Hall–Kier alpha value is -1.36. The molecule has 1 aromatic heterocycles. The first-order chi connectivity index (χ1) is 8.52. The number of nitrogens with zero attached hydrogens (tertiary/aromatic N) is 3. The van der Waals surface area contributed by atoms with Crippen molar-refractivity contribution in [1.82, 2.24) is 14.9 Å². The Morgan fingerprint density at radius 3 is 2.44 bits per heavy atom. The predicted octanol–water partition coefficient (Wildman–Crippen LogP) is 1.91. The van der Waals surface area contributed by atoms with Gasteiger partial charge < -0.3 is 15.5 Å². The molecule has 0 bridgehead atoms. The molecular formula is C13H25N5. The van der Waals surface area contributed by atoms with Crippen LogP contribution in [0.15, 0.2) is 12.4 Å². The minimum Gasteiger partial charge on any atom is -0.370 e. The quantitative estimate of drug-likeness (QED) is 0.775. The van der Waals surface area contributed by atoms with Gasteiger partial charge in [0.15, 0.2) is 0 Å². The molecule has 0 saturated heterocycles. The molecule has 102 valence electrons. The summed E-state index contributed by atoms with van der Waals surface area (Å²) in [7, 11) is 4.17. The normalized spacial score (nSPS) is 12.8. The summed E-state index contributed by atoms with van der Waals surface area (Å²) in [4.78, 5) is 10.6. The smallest absolute Gasteiger partial charge is 0.131 e. The molecule has 0 aromatic carbocycles. The number of hydrogen-bond acceptors (Lipinski definition) is 5. The van der Waals surface area contributed by atoms with Gasteiger partial charge in [0.05, 0.1) is 0 Å². The van der Waals surface area contributed by atoms with Gasteiger partial charge in [-0.25, -0.2) is 9.97 Å². The van der Waals surface area contributed by atoms with E-state index in [9.17, 15) is 0 Å². The van der Waals surface area contributed by atoms with E-state index in [-0.39, 0.29) is 0 Å². The fourth-order valence-electron chi connectivity index (χ4n) is 1.72. The Balaban J connectivity index is 2.70. The highest BCUT2D eigenvalue weighted by Gasteiger charge is 2.14. The molecule has 0 saturated carbocycles. The molecule has 1 atom stereocenters. The Morgan fingerprint density at radius 1 is 1.22 bits per heavy atom. The van der Waals surface area contributed by atoms with Crippen LogP contribution in [0.2, 0.25) is 0 Å². The molecule has 0 aliphatic carbocycles. The van der Waals surface area contributed by atoms with Gasteiger partial charge in [0.1, 0.15) is 18.0 Å². The lowest BCUT2D eigenvalue weighted by molar-refractivity contribution is 0.344. The van der Waals surface area contributed by atoms with Gasteiger partial charge in [0.25, 0.3) is 0 Å². The molecule has 0 radical (unpaired) electrons. The van der Waals surface area contributed by atoms with Crippen LogP contribution in [0.1, 0.15) is 20.8 Å². The van der Waals surface area contributed by atoms with E-state index in [4.69, 9.17) is 0 Å².